The van der Waals surface area contributed by atoms with Gasteiger partial charge in [-0.1, -0.05) is 30.3 Å². The van der Waals surface area contributed by atoms with Crippen molar-refractivity contribution in [1.82, 2.24) is 0 Å². The molecule has 0 N–H and O–H groups in total. The van der Waals surface area contributed by atoms with Gasteiger partial charge in [-0.3, -0.25) is 0 Å². The summed E-state index contributed by atoms with van der Waals surface area (Å²) >= 11 is 0. The van der Waals surface area contributed by atoms with Gasteiger partial charge in [0.2, 0.25) is 0 Å². The van der Waals surface area contributed by atoms with Crippen LogP contribution < -0.4 is 9.47 Å². The summed E-state index contributed by atoms with van der Waals surface area (Å²) in [6.07, 6.45) is 0. The van der Waals surface area contributed by atoms with Crippen molar-refractivity contribution < 1.29 is 19.0 Å². The number of hydrogen-bond acceptors (Lipinski definition) is 4. The van der Waals surface area contributed by atoms with Gasteiger partial charge in [0.05, 0.1) is 26.9 Å². The average molecular weight is 348 g/mol. The van der Waals surface area contributed by atoms with E-state index in [2.05, 4.69) is 0 Å². The van der Waals surface area contributed by atoms with E-state index in [1.165, 1.54) is 7.11 Å². The first kappa shape index (κ1) is 17.5. The van der Waals surface area contributed by atoms with Crippen LogP contribution in [0.2, 0.25) is 0 Å². The Labute approximate surface area is 153 Å². The molecule has 4 nitrogen and oxygen atoms in total. The molecule has 132 valence electrons. The molecule has 0 aliphatic heterocycles. The molecule has 0 radical (unpaired) electrons. The number of esters is 1. The summed E-state index contributed by atoms with van der Waals surface area (Å²) in [5.41, 5.74) is 4.16. The van der Waals surface area contributed by atoms with Crippen LogP contribution in [-0.4, -0.2) is 27.3 Å². The van der Waals surface area contributed by atoms with Crippen molar-refractivity contribution in [3.05, 3.63) is 72.3 Å². The first-order chi connectivity index (χ1) is 12.7. The lowest BCUT2D eigenvalue weighted by molar-refractivity contribution is 0.0601. The average Bonchev–Trinajstić information content (AvgIpc) is 2.72. The van der Waals surface area contributed by atoms with E-state index in [9.17, 15) is 4.79 Å². The number of benzene rings is 3. The molecule has 3 aromatic rings. The van der Waals surface area contributed by atoms with Crippen LogP contribution in [0.3, 0.4) is 0 Å². The van der Waals surface area contributed by atoms with Gasteiger partial charge in [0.15, 0.2) is 0 Å². The van der Waals surface area contributed by atoms with Crippen molar-refractivity contribution >= 4 is 5.97 Å². The highest BCUT2D eigenvalue weighted by Gasteiger charge is 2.15. The smallest absolute Gasteiger partial charge is 0.338 e. The number of rotatable bonds is 5. The van der Waals surface area contributed by atoms with Crippen LogP contribution >= 0.6 is 0 Å². The minimum absolute atomic E-state index is 0.375. The molecule has 4 heteroatoms. The summed E-state index contributed by atoms with van der Waals surface area (Å²) in [6.45, 7) is 0. The van der Waals surface area contributed by atoms with Crippen molar-refractivity contribution in [1.29, 1.82) is 0 Å². The summed E-state index contributed by atoms with van der Waals surface area (Å²) in [4.78, 5) is 12.2. The van der Waals surface area contributed by atoms with E-state index in [1.807, 2.05) is 60.7 Å². The zero-order chi connectivity index (χ0) is 18.5. The Morgan fingerprint density at radius 2 is 1.27 bits per heavy atom. The molecule has 0 aliphatic carbocycles. The Morgan fingerprint density at radius 3 is 1.88 bits per heavy atom. The molecule has 0 aromatic heterocycles. The molecule has 0 unspecified atom stereocenters. The molecule has 0 amide bonds. The molecule has 0 fully saturated rings. The minimum Gasteiger partial charge on any atom is -0.497 e. The maximum Gasteiger partial charge on any atom is 0.338 e. The third-order valence-corrected chi connectivity index (χ3v) is 4.21. The first-order valence-electron chi connectivity index (χ1n) is 8.17. The molecule has 0 saturated heterocycles. The second-order valence-electron chi connectivity index (χ2n) is 5.72. The highest BCUT2D eigenvalue weighted by Crippen LogP contribution is 2.33. The lowest BCUT2D eigenvalue weighted by Crippen LogP contribution is -2.04. The maximum atomic E-state index is 12.2. The quantitative estimate of drug-likeness (QED) is 0.620. The zero-order valence-corrected chi connectivity index (χ0v) is 15.0. The van der Waals surface area contributed by atoms with Crippen LogP contribution in [0.5, 0.6) is 11.5 Å². The SMILES string of the molecule is COC(=O)c1ccc(-c2cccc(OC)c2)cc1-c1cccc(OC)c1. The first-order valence-corrected chi connectivity index (χ1v) is 8.17. The Bertz CT molecular complexity index is 931. The van der Waals surface area contributed by atoms with E-state index in [0.717, 1.165) is 33.8 Å². The monoisotopic (exact) mass is 348 g/mol. The van der Waals surface area contributed by atoms with Crippen LogP contribution in [0.15, 0.2) is 66.7 Å². The van der Waals surface area contributed by atoms with Gasteiger partial charge < -0.3 is 14.2 Å². The van der Waals surface area contributed by atoms with Crippen molar-refractivity contribution in [2.24, 2.45) is 0 Å². The van der Waals surface area contributed by atoms with Crippen LogP contribution in [0.1, 0.15) is 10.4 Å². The molecule has 0 aliphatic rings. The second-order valence-corrected chi connectivity index (χ2v) is 5.72. The fourth-order valence-corrected chi connectivity index (χ4v) is 2.84. The zero-order valence-electron chi connectivity index (χ0n) is 15.0. The number of ether oxygens (including phenoxy) is 3. The molecule has 0 saturated carbocycles. The van der Waals surface area contributed by atoms with Crippen LogP contribution in [0.25, 0.3) is 22.3 Å². The molecule has 0 spiro atoms. The lowest BCUT2D eigenvalue weighted by Gasteiger charge is -2.12. The van der Waals surface area contributed by atoms with Gasteiger partial charge in [-0.15, -0.1) is 0 Å². The van der Waals surface area contributed by atoms with Gasteiger partial charge in [0.25, 0.3) is 0 Å². The molecule has 0 heterocycles. The summed E-state index contributed by atoms with van der Waals surface area (Å²) < 4.78 is 15.6. The summed E-state index contributed by atoms with van der Waals surface area (Å²) in [6, 6.07) is 21.1. The van der Waals surface area contributed by atoms with Crippen LogP contribution in [0.4, 0.5) is 0 Å². The van der Waals surface area contributed by atoms with E-state index >= 15 is 0 Å². The van der Waals surface area contributed by atoms with Gasteiger partial charge in [-0.05, 0) is 58.7 Å². The largest absolute Gasteiger partial charge is 0.497 e. The van der Waals surface area contributed by atoms with Crippen molar-refractivity contribution in [3.63, 3.8) is 0 Å². The summed E-state index contributed by atoms with van der Waals surface area (Å²) in [5, 5.41) is 0. The fraction of sp³-hybridized carbons (Fsp3) is 0.136. The minimum atomic E-state index is -0.375. The Hall–Kier alpha value is -3.27. The van der Waals surface area contributed by atoms with Crippen LogP contribution in [-0.2, 0) is 4.74 Å². The number of carbonyl (C=O) groups is 1. The van der Waals surface area contributed by atoms with E-state index in [0.29, 0.717) is 5.56 Å². The molecule has 26 heavy (non-hydrogen) atoms. The lowest BCUT2D eigenvalue weighted by atomic mass is 9.94. The van der Waals surface area contributed by atoms with Crippen molar-refractivity contribution in [2.75, 3.05) is 21.3 Å². The van der Waals surface area contributed by atoms with Gasteiger partial charge >= 0.3 is 5.97 Å². The van der Waals surface area contributed by atoms with Crippen LogP contribution in [0, 0.1) is 0 Å². The fourth-order valence-electron chi connectivity index (χ4n) is 2.84. The van der Waals surface area contributed by atoms with Gasteiger partial charge in [0.1, 0.15) is 11.5 Å². The highest BCUT2D eigenvalue weighted by atomic mass is 16.5. The normalized spacial score (nSPS) is 10.3. The predicted molar refractivity (Wildman–Crippen MR) is 102 cm³/mol. The van der Waals surface area contributed by atoms with E-state index in [-0.39, 0.29) is 5.97 Å². The summed E-state index contributed by atoms with van der Waals surface area (Å²) in [7, 11) is 4.64. The molecular weight excluding hydrogens is 328 g/mol. The topological polar surface area (TPSA) is 44.8 Å². The molecule has 3 rings (SSSR count). The standard InChI is InChI=1S/C22H20O4/c1-24-18-8-4-6-15(12-18)16-10-11-20(22(23)26-3)21(14-16)17-7-5-9-19(13-17)25-2/h4-14H,1-3H3. The second kappa shape index (κ2) is 7.74. The van der Waals surface area contributed by atoms with E-state index < -0.39 is 0 Å². The Balaban J connectivity index is 2.16. The van der Waals surface area contributed by atoms with E-state index in [1.54, 1.807) is 20.3 Å². The van der Waals surface area contributed by atoms with Gasteiger partial charge in [-0.25, -0.2) is 4.79 Å². The maximum absolute atomic E-state index is 12.2. The third kappa shape index (κ3) is 3.54. The molecule has 0 bridgehead atoms. The highest BCUT2D eigenvalue weighted by molar-refractivity contribution is 5.98. The summed E-state index contributed by atoms with van der Waals surface area (Å²) in [5.74, 6) is 1.13. The molecule has 3 aromatic carbocycles. The Morgan fingerprint density at radius 1 is 0.692 bits per heavy atom. The third-order valence-electron chi connectivity index (χ3n) is 4.21. The predicted octanol–water partition coefficient (Wildman–Crippen LogP) is 4.82. The number of hydrogen-bond donors (Lipinski definition) is 0. The van der Waals surface area contributed by atoms with E-state index in [4.69, 9.17) is 14.2 Å². The Kier molecular flexibility index (Phi) is 5.23. The van der Waals surface area contributed by atoms with Crippen molar-refractivity contribution in [2.45, 2.75) is 0 Å². The molecule has 0 atom stereocenters. The van der Waals surface area contributed by atoms with Gasteiger partial charge in [0, 0.05) is 0 Å². The number of carbonyl (C=O) groups excluding carboxylic acids is 1. The van der Waals surface area contributed by atoms with Crippen molar-refractivity contribution in [3.8, 4) is 33.8 Å². The molecular formula is C22H20O4. The number of methoxy groups -OCH3 is 3. The van der Waals surface area contributed by atoms with Gasteiger partial charge in [-0.2, -0.15) is 0 Å².